The van der Waals surface area contributed by atoms with E-state index in [1.54, 1.807) is 6.20 Å². The Morgan fingerprint density at radius 2 is 1.88 bits per heavy atom. The van der Waals surface area contributed by atoms with E-state index >= 15 is 0 Å². The average Bonchev–Trinajstić information content (AvgIpc) is 2.39. The number of hydrogen-bond acceptors (Lipinski definition) is 3. The highest BCUT2D eigenvalue weighted by atomic mass is 15.1. The molecule has 3 heteroatoms. The Morgan fingerprint density at radius 1 is 1.18 bits per heavy atom. The minimum Gasteiger partial charge on any atom is -0.192 e. The first-order valence-electron chi connectivity index (χ1n) is 5.88. The first-order chi connectivity index (χ1) is 8.24. The van der Waals surface area contributed by atoms with Gasteiger partial charge in [-0.25, -0.2) is 0 Å². The van der Waals surface area contributed by atoms with E-state index in [9.17, 15) is 0 Å². The predicted octanol–water partition coefficient (Wildman–Crippen LogP) is 3.65. The molecule has 0 saturated heterocycles. The number of fused-ring (bicyclic) bond motifs is 1. The van der Waals surface area contributed by atoms with Gasteiger partial charge in [-0.15, -0.1) is 5.10 Å². The number of rotatable bonds is 1. The van der Waals surface area contributed by atoms with Crippen molar-refractivity contribution >= 4 is 10.9 Å². The molecule has 0 aliphatic carbocycles. The molecule has 2 aromatic rings. The lowest BCUT2D eigenvalue weighted by molar-refractivity contribution is 0.874. The van der Waals surface area contributed by atoms with Gasteiger partial charge in [0.15, 0.2) is 0 Å². The Labute approximate surface area is 102 Å². The summed E-state index contributed by atoms with van der Waals surface area (Å²) in [6.45, 7) is 8.25. The molecule has 0 N–H and O–H groups in total. The van der Waals surface area contributed by atoms with Gasteiger partial charge in [-0.2, -0.15) is 10.4 Å². The molecule has 1 heterocycles. The first-order valence-corrected chi connectivity index (χ1v) is 5.88. The van der Waals surface area contributed by atoms with Crippen LogP contribution in [0.3, 0.4) is 0 Å². The molecule has 0 unspecified atom stereocenters. The first kappa shape index (κ1) is 13.1. The van der Waals surface area contributed by atoms with E-state index < -0.39 is 0 Å². The molecule has 0 spiro atoms. The van der Waals surface area contributed by atoms with Crippen LogP contribution in [0, 0.1) is 11.3 Å². The van der Waals surface area contributed by atoms with Crippen molar-refractivity contribution in [2.24, 2.45) is 0 Å². The minimum atomic E-state index is 0.421. The lowest BCUT2D eigenvalue weighted by atomic mass is 9.97. The maximum Gasteiger partial charge on any atom is 0.111 e. The van der Waals surface area contributed by atoms with Crippen LogP contribution in [0.2, 0.25) is 0 Å². The van der Waals surface area contributed by atoms with E-state index in [0.717, 1.165) is 5.39 Å². The van der Waals surface area contributed by atoms with Crippen LogP contribution in [-0.4, -0.2) is 10.2 Å². The molecule has 0 amide bonds. The van der Waals surface area contributed by atoms with Crippen LogP contribution in [0.1, 0.15) is 44.7 Å². The van der Waals surface area contributed by atoms with Crippen molar-refractivity contribution in [2.75, 3.05) is 0 Å². The fraction of sp³-hybridized carbons (Fsp3) is 0.357. The van der Waals surface area contributed by atoms with Crippen LogP contribution in [0.25, 0.3) is 10.9 Å². The summed E-state index contributed by atoms with van der Waals surface area (Å²) >= 11 is 0. The lowest BCUT2D eigenvalue weighted by Crippen LogP contribution is -1.94. The van der Waals surface area contributed by atoms with Crippen LogP contribution in [0.4, 0.5) is 0 Å². The molecule has 0 saturated carbocycles. The number of benzene rings is 1. The fourth-order valence-electron chi connectivity index (χ4n) is 1.70. The van der Waals surface area contributed by atoms with Gasteiger partial charge >= 0.3 is 0 Å². The van der Waals surface area contributed by atoms with Gasteiger partial charge in [-0.05, 0) is 23.6 Å². The van der Waals surface area contributed by atoms with Crippen LogP contribution >= 0.6 is 0 Å². The summed E-state index contributed by atoms with van der Waals surface area (Å²) < 4.78 is 0. The standard InChI is InChI=1S/C12H11N3.C2H6/c1-8(2)10-4-3-9(7-13)12-11(10)5-6-14-15-12;1-2/h3-6,8H,1-2H3;1-2H3. The van der Waals surface area contributed by atoms with Gasteiger partial charge in [0.1, 0.15) is 11.6 Å². The van der Waals surface area contributed by atoms with Crippen molar-refractivity contribution in [2.45, 2.75) is 33.6 Å². The van der Waals surface area contributed by atoms with Gasteiger partial charge in [0.25, 0.3) is 0 Å². The molecular formula is C14H17N3. The van der Waals surface area contributed by atoms with Gasteiger partial charge in [0.05, 0.1) is 11.8 Å². The topological polar surface area (TPSA) is 49.6 Å². The molecule has 0 atom stereocenters. The Balaban J connectivity index is 0.000000686. The molecule has 0 fully saturated rings. The summed E-state index contributed by atoms with van der Waals surface area (Å²) in [7, 11) is 0. The highest BCUT2D eigenvalue weighted by Gasteiger charge is 2.09. The zero-order valence-corrected chi connectivity index (χ0v) is 10.7. The minimum absolute atomic E-state index is 0.421. The van der Waals surface area contributed by atoms with E-state index in [1.807, 2.05) is 32.0 Å². The van der Waals surface area contributed by atoms with Crippen molar-refractivity contribution in [3.8, 4) is 6.07 Å². The zero-order chi connectivity index (χ0) is 12.8. The second-order valence-electron chi connectivity index (χ2n) is 3.76. The summed E-state index contributed by atoms with van der Waals surface area (Å²) in [5.41, 5.74) is 2.49. The molecule has 0 aliphatic rings. The Hall–Kier alpha value is -1.95. The SMILES string of the molecule is CC.CC(C)c1ccc(C#N)c2nnccc12. The second kappa shape index (κ2) is 5.95. The van der Waals surface area contributed by atoms with Gasteiger partial charge in [-0.1, -0.05) is 33.8 Å². The lowest BCUT2D eigenvalue weighted by Gasteiger charge is -2.09. The number of aromatic nitrogens is 2. The summed E-state index contributed by atoms with van der Waals surface area (Å²) in [5.74, 6) is 0.421. The highest BCUT2D eigenvalue weighted by molar-refractivity contribution is 5.86. The fourth-order valence-corrected chi connectivity index (χ4v) is 1.70. The number of hydrogen-bond donors (Lipinski definition) is 0. The smallest absolute Gasteiger partial charge is 0.111 e. The van der Waals surface area contributed by atoms with E-state index in [2.05, 4.69) is 30.1 Å². The summed E-state index contributed by atoms with van der Waals surface area (Å²) in [6.07, 6.45) is 1.66. The van der Waals surface area contributed by atoms with Gasteiger partial charge < -0.3 is 0 Å². The van der Waals surface area contributed by atoms with Crippen molar-refractivity contribution in [1.82, 2.24) is 10.2 Å². The Morgan fingerprint density at radius 3 is 2.47 bits per heavy atom. The second-order valence-corrected chi connectivity index (χ2v) is 3.76. The molecule has 0 radical (unpaired) electrons. The van der Waals surface area contributed by atoms with E-state index in [1.165, 1.54) is 5.56 Å². The quantitative estimate of drug-likeness (QED) is 0.747. The monoisotopic (exact) mass is 227 g/mol. The molecule has 1 aromatic heterocycles. The molecule has 1 aromatic carbocycles. The summed E-state index contributed by atoms with van der Waals surface area (Å²) in [4.78, 5) is 0. The zero-order valence-electron chi connectivity index (χ0n) is 10.7. The molecular weight excluding hydrogens is 210 g/mol. The van der Waals surface area contributed by atoms with Crippen molar-refractivity contribution in [3.05, 3.63) is 35.5 Å². The Bertz CT molecular complexity index is 539. The molecule has 88 valence electrons. The largest absolute Gasteiger partial charge is 0.192 e. The molecule has 0 aliphatic heterocycles. The van der Waals surface area contributed by atoms with Gasteiger partial charge in [0, 0.05) is 5.39 Å². The normalized spacial score (nSPS) is 9.65. The maximum atomic E-state index is 8.95. The molecule has 0 bridgehead atoms. The van der Waals surface area contributed by atoms with E-state index in [-0.39, 0.29) is 0 Å². The molecule has 17 heavy (non-hydrogen) atoms. The summed E-state index contributed by atoms with van der Waals surface area (Å²) in [5, 5.41) is 17.8. The third-order valence-corrected chi connectivity index (χ3v) is 2.46. The number of nitrogens with zero attached hydrogens (tertiary/aromatic N) is 3. The molecule has 2 rings (SSSR count). The third kappa shape index (κ3) is 2.59. The van der Waals surface area contributed by atoms with Crippen LogP contribution in [0.5, 0.6) is 0 Å². The third-order valence-electron chi connectivity index (χ3n) is 2.46. The van der Waals surface area contributed by atoms with Crippen LogP contribution in [-0.2, 0) is 0 Å². The Kier molecular flexibility index (Phi) is 4.59. The van der Waals surface area contributed by atoms with Crippen LogP contribution < -0.4 is 0 Å². The van der Waals surface area contributed by atoms with E-state index in [4.69, 9.17) is 5.26 Å². The van der Waals surface area contributed by atoms with Gasteiger partial charge in [0.2, 0.25) is 0 Å². The number of nitriles is 1. The molecule has 3 nitrogen and oxygen atoms in total. The summed E-state index contributed by atoms with van der Waals surface area (Å²) in [6, 6.07) is 7.85. The van der Waals surface area contributed by atoms with Crippen molar-refractivity contribution in [3.63, 3.8) is 0 Å². The average molecular weight is 227 g/mol. The maximum absolute atomic E-state index is 8.95. The predicted molar refractivity (Wildman–Crippen MR) is 69.7 cm³/mol. The van der Waals surface area contributed by atoms with Crippen molar-refractivity contribution < 1.29 is 0 Å². The van der Waals surface area contributed by atoms with Crippen LogP contribution in [0.15, 0.2) is 24.4 Å². The van der Waals surface area contributed by atoms with Gasteiger partial charge in [-0.3, -0.25) is 0 Å². The highest BCUT2D eigenvalue weighted by Crippen LogP contribution is 2.25. The van der Waals surface area contributed by atoms with E-state index in [0.29, 0.717) is 17.0 Å². The van der Waals surface area contributed by atoms with Crippen molar-refractivity contribution in [1.29, 1.82) is 5.26 Å².